The lowest BCUT2D eigenvalue weighted by molar-refractivity contribution is 0.0920. The highest BCUT2D eigenvalue weighted by Crippen LogP contribution is 2.21. The number of rotatable bonds is 5. The predicted octanol–water partition coefficient (Wildman–Crippen LogP) is 4.17. The van der Waals surface area contributed by atoms with Crippen LogP contribution >= 0.6 is 0 Å². The quantitative estimate of drug-likeness (QED) is 0.847. The molecule has 0 aliphatic heterocycles. The first-order valence-electron chi connectivity index (χ1n) is 8.67. The molecule has 2 amide bonds. The van der Waals surface area contributed by atoms with E-state index < -0.39 is 0 Å². The molecule has 0 saturated carbocycles. The molecule has 0 aliphatic carbocycles. The van der Waals surface area contributed by atoms with E-state index >= 15 is 0 Å². The molecule has 2 aromatic rings. The van der Waals surface area contributed by atoms with Crippen LogP contribution in [0.3, 0.4) is 0 Å². The molecule has 0 aliphatic rings. The third-order valence-corrected chi connectivity index (χ3v) is 3.65. The summed E-state index contributed by atoms with van der Waals surface area (Å²) in [5.41, 5.74) is 1.94. The Labute approximate surface area is 154 Å². The smallest absolute Gasteiger partial charge is 0.255 e. The Bertz CT molecular complexity index is 807. The highest BCUT2D eigenvalue weighted by Gasteiger charge is 2.19. The summed E-state index contributed by atoms with van der Waals surface area (Å²) in [4.78, 5) is 25.1. The van der Waals surface area contributed by atoms with E-state index in [2.05, 4.69) is 10.6 Å². The van der Waals surface area contributed by atoms with Crippen molar-refractivity contribution in [2.75, 3.05) is 11.9 Å². The Morgan fingerprint density at radius 1 is 1.04 bits per heavy atom. The Hall–Kier alpha value is -2.82. The molecule has 0 atom stereocenters. The third kappa shape index (κ3) is 5.09. The van der Waals surface area contributed by atoms with Gasteiger partial charge < -0.3 is 15.4 Å². The highest BCUT2D eigenvalue weighted by molar-refractivity contribution is 6.09. The molecule has 138 valence electrons. The van der Waals surface area contributed by atoms with Crippen LogP contribution in [-0.4, -0.2) is 24.0 Å². The number of hydrogen-bond donors (Lipinski definition) is 2. The molecule has 26 heavy (non-hydrogen) atoms. The van der Waals surface area contributed by atoms with E-state index in [0.29, 0.717) is 23.4 Å². The summed E-state index contributed by atoms with van der Waals surface area (Å²) in [5, 5.41) is 5.74. The minimum atomic E-state index is -0.361. The summed E-state index contributed by atoms with van der Waals surface area (Å²) in [5.74, 6) is 0.262. The predicted molar refractivity (Wildman–Crippen MR) is 104 cm³/mol. The third-order valence-electron chi connectivity index (χ3n) is 3.65. The fourth-order valence-electron chi connectivity index (χ4n) is 2.50. The average molecular weight is 354 g/mol. The molecule has 5 heteroatoms. The second-order valence-corrected chi connectivity index (χ2v) is 7.12. The summed E-state index contributed by atoms with van der Waals surface area (Å²) in [6, 6.07) is 12.2. The zero-order chi connectivity index (χ0) is 19.3. The second-order valence-electron chi connectivity index (χ2n) is 7.12. The molecule has 0 bridgehead atoms. The van der Waals surface area contributed by atoms with E-state index in [9.17, 15) is 9.59 Å². The van der Waals surface area contributed by atoms with Gasteiger partial charge in [-0.2, -0.15) is 0 Å². The molecular formula is C21H26N2O3. The molecule has 0 aromatic heterocycles. The highest BCUT2D eigenvalue weighted by atomic mass is 16.5. The van der Waals surface area contributed by atoms with Gasteiger partial charge in [-0.15, -0.1) is 0 Å². The van der Waals surface area contributed by atoms with Crippen LogP contribution in [0.25, 0.3) is 0 Å². The number of amides is 2. The zero-order valence-corrected chi connectivity index (χ0v) is 16.0. The van der Waals surface area contributed by atoms with Crippen LogP contribution in [0.15, 0.2) is 42.5 Å². The molecule has 5 nitrogen and oxygen atoms in total. The SMILES string of the molecule is CCOc1ccc(C(=O)Nc2ccccc2C(=O)NC(C)(C)C)cc1C. The molecular weight excluding hydrogens is 328 g/mol. The maximum absolute atomic E-state index is 12.6. The molecule has 2 aromatic carbocycles. The minimum absolute atomic E-state index is 0.226. The van der Waals surface area contributed by atoms with Crippen LogP contribution in [0.4, 0.5) is 5.69 Å². The van der Waals surface area contributed by atoms with Crippen molar-refractivity contribution >= 4 is 17.5 Å². The fraction of sp³-hybridized carbons (Fsp3) is 0.333. The van der Waals surface area contributed by atoms with Gasteiger partial charge in [0.05, 0.1) is 17.9 Å². The van der Waals surface area contributed by atoms with Crippen molar-refractivity contribution in [3.63, 3.8) is 0 Å². The standard InChI is InChI=1S/C21H26N2O3/c1-6-26-18-12-11-15(13-14(18)2)19(24)22-17-10-8-7-9-16(17)20(25)23-21(3,4)5/h7-13H,6H2,1-5H3,(H,22,24)(H,23,25). The van der Waals surface area contributed by atoms with Gasteiger partial charge in [0.25, 0.3) is 11.8 Å². The molecule has 0 radical (unpaired) electrons. The summed E-state index contributed by atoms with van der Waals surface area (Å²) < 4.78 is 5.50. The number of ether oxygens (including phenoxy) is 1. The lowest BCUT2D eigenvalue weighted by Crippen LogP contribution is -2.40. The summed E-state index contributed by atoms with van der Waals surface area (Å²) in [6.07, 6.45) is 0. The van der Waals surface area contributed by atoms with Crippen LogP contribution in [0.5, 0.6) is 5.75 Å². The van der Waals surface area contributed by atoms with Crippen LogP contribution in [-0.2, 0) is 0 Å². The van der Waals surface area contributed by atoms with Crippen molar-refractivity contribution < 1.29 is 14.3 Å². The van der Waals surface area contributed by atoms with Crippen LogP contribution < -0.4 is 15.4 Å². The Morgan fingerprint density at radius 2 is 1.73 bits per heavy atom. The minimum Gasteiger partial charge on any atom is -0.494 e. The Balaban J connectivity index is 2.22. The number of nitrogens with one attached hydrogen (secondary N) is 2. The lowest BCUT2D eigenvalue weighted by Gasteiger charge is -2.21. The molecule has 0 heterocycles. The number of carbonyl (C=O) groups excluding carboxylic acids is 2. The van der Waals surface area contributed by atoms with Crippen LogP contribution in [0.2, 0.25) is 0 Å². The summed E-state index contributed by atoms with van der Waals surface area (Å²) in [7, 11) is 0. The molecule has 0 fully saturated rings. The first-order valence-corrected chi connectivity index (χ1v) is 8.67. The van der Waals surface area contributed by atoms with Gasteiger partial charge in [-0.25, -0.2) is 0 Å². The monoisotopic (exact) mass is 354 g/mol. The number of anilines is 1. The lowest BCUT2D eigenvalue weighted by atomic mass is 10.1. The van der Waals surface area contributed by atoms with E-state index in [4.69, 9.17) is 4.74 Å². The first-order chi connectivity index (χ1) is 12.2. The number of hydrogen-bond acceptors (Lipinski definition) is 3. The normalized spacial score (nSPS) is 11.0. The van der Waals surface area contributed by atoms with Gasteiger partial charge in [-0.1, -0.05) is 12.1 Å². The first kappa shape index (κ1) is 19.5. The number of aryl methyl sites for hydroxylation is 1. The zero-order valence-electron chi connectivity index (χ0n) is 16.0. The van der Waals surface area contributed by atoms with Gasteiger partial charge in [0, 0.05) is 11.1 Å². The van der Waals surface area contributed by atoms with E-state index in [1.54, 1.807) is 42.5 Å². The van der Waals surface area contributed by atoms with Gasteiger partial charge in [0.1, 0.15) is 5.75 Å². The molecule has 0 unspecified atom stereocenters. The van der Waals surface area contributed by atoms with Crippen molar-refractivity contribution in [3.05, 3.63) is 59.2 Å². The Kier molecular flexibility index (Phi) is 6.03. The van der Waals surface area contributed by atoms with Gasteiger partial charge >= 0.3 is 0 Å². The van der Waals surface area contributed by atoms with Crippen LogP contribution in [0, 0.1) is 6.92 Å². The van der Waals surface area contributed by atoms with Crippen molar-refractivity contribution in [2.24, 2.45) is 0 Å². The molecule has 2 N–H and O–H groups in total. The average Bonchev–Trinajstić information content (AvgIpc) is 2.55. The second kappa shape index (κ2) is 8.04. The topological polar surface area (TPSA) is 67.4 Å². The maximum atomic E-state index is 12.6. The van der Waals surface area contributed by atoms with Gasteiger partial charge in [0.2, 0.25) is 0 Å². The summed E-state index contributed by atoms with van der Waals surface area (Å²) in [6.45, 7) is 10.1. The largest absolute Gasteiger partial charge is 0.494 e. The molecule has 0 saturated heterocycles. The van der Waals surface area contributed by atoms with Crippen molar-refractivity contribution in [3.8, 4) is 5.75 Å². The van der Waals surface area contributed by atoms with Crippen LogP contribution in [0.1, 0.15) is 54.0 Å². The molecule has 2 rings (SSSR count). The van der Waals surface area contributed by atoms with Crippen molar-refractivity contribution in [1.29, 1.82) is 0 Å². The van der Waals surface area contributed by atoms with E-state index in [-0.39, 0.29) is 17.4 Å². The van der Waals surface area contributed by atoms with Gasteiger partial charge in [0.15, 0.2) is 0 Å². The van der Waals surface area contributed by atoms with E-state index in [1.807, 2.05) is 34.6 Å². The Morgan fingerprint density at radius 3 is 2.35 bits per heavy atom. The molecule has 0 spiro atoms. The van der Waals surface area contributed by atoms with Crippen molar-refractivity contribution in [1.82, 2.24) is 5.32 Å². The number of carbonyl (C=O) groups is 2. The fourth-order valence-corrected chi connectivity index (χ4v) is 2.50. The number of benzene rings is 2. The summed E-state index contributed by atoms with van der Waals surface area (Å²) >= 11 is 0. The van der Waals surface area contributed by atoms with E-state index in [0.717, 1.165) is 11.3 Å². The van der Waals surface area contributed by atoms with Gasteiger partial charge in [-0.05, 0) is 70.5 Å². The van der Waals surface area contributed by atoms with Crippen molar-refractivity contribution in [2.45, 2.75) is 40.2 Å². The van der Waals surface area contributed by atoms with Gasteiger partial charge in [-0.3, -0.25) is 9.59 Å². The van der Waals surface area contributed by atoms with E-state index in [1.165, 1.54) is 0 Å². The maximum Gasteiger partial charge on any atom is 0.255 e. The number of para-hydroxylation sites is 1.